The van der Waals surface area contributed by atoms with Gasteiger partial charge < -0.3 is 14.9 Å². The minimum Gasteiger partial charge on any atom is -0.462 e. The average molecular weight is 267 g/mol. The number of furan rings is 1. The molecule has 0 radical (unpaired) electrons. The normalized spacial score (nSPS) is 12.7. The van der Waals surface area contributed by atoms with E-state index in [0.717, 1.165) is 22.5 Å². The Labute approximate surface area is 118 Å². The van der Waals surface area contributed by atoms with E-state index in [0.29, 0.717) is 6.61 Å². The highest BCUT2D eigenvalue weighted by molar-refractivity contribution is 5.86. The van der Waals surface area contributed by atoms with Crippen LogP contribution in [0.25, 0.3) is 10.8 Å². The first kappa shape index (κ1) is 12.9. The molecule has 0 amide bonds. The van der Waals surface area contributed by atoms with E-state index in [9.17, 15) is 0 Å². The van der Waals surface area contributed by atoms with Crippen LogP contribution in [-0.4, -0.2) is 7.11 Å². The van der Waals surface area contributed by atoms with E-state index in [2.05, 4.69) is 18.2 Å². The second-order valence-electron chi connectivity index (χ2n) is 4.78. The standard InChI is InChI=1S/C17H17NO2/c1-19-11-13-9-10-16(20-13)17(18)15-8-4-6-12-5-2-3-7-14(12)15/h2-10,17H,11,18H2,1H3. The van der Waals surface area contributed by atoms with Crippen LogP contribution in [0.15, 0.2) is 59.0 Å². The van der Waals surface area contributed by atoms with E-state index in [1.54, 1.807) is 7.11 Å². The maximum absolute atomic E-state index is 6.36. The second kappa shape index (κ2) is 5.49. The van der Waals surface area contributed by atoms with Gasteiger partial charge >= 0.3 is 0 Å². The molecular formula is C17H17NO2. The molecule has 0 saturated carbocycles. The fraction of sp³-hybridized carbons (Fsp3) is 0.176. The van der Waals surface area contributed by atoms with Gasteiger partial charge in [0.1, 0.15) is 18.1 Å². The summed E-state index contributed by atoms with van der Waals surface area (Å²) >= 11 is 0. The lowest BCUT2D eigenvalue weighted by atomic mass is 9.98. The van der Waals surface area contributed by atoms with Crippen molar-refractivity contribution in [3.05, 3.63) is 71.7 Å². The van der Waals surface area contributed by atoms with Crippen LogP contribution in [0.1, 0.15) is 23.1 Å². The molecule has 0 aliphatic rings. The van der Waals surface area contributed by atoms with Crippen LogP contribution >= 0.6 is 0 Å². The molecule has 3 rings (SSSR count). The number of methoxy groups -OCH3 is 1. The first-order valence-electron chi connectivity index (χ1n) is 6.60. The van der Waals surface area contributed by atoms with Gasteiger partial charge in [0.2, 0.25) is 0 Å². The van der Waals surface area contributed by atoms with E-state index in [-0.39, 0.29) is 6.04 Å². The number of nitrogens with two attached hydrogens (primary N) is 1. The van der Waals surface area contributed by atoms with Gasteiger partial charge in [-0.25, -0.2) is 0 Å². The molecule has 0 spiro atoms. The summed E-state index contributed by atoms with van der Waals surface area (Å²) in [6, 6.07) is 17.9. The zero-order valence-electron chi connectivity index (χ0n) is 11.4. The van der Waals surface area contributed by atoms with Gasteiger partial charge in [0.25, 0.3) is 0 Å². The SMILES string of the molecule is COCc1ccc(C(N)c2cccc3ccccc23)o1. The van der Waals surface area contributed by atoms with E-state index in [1.165, 1.54) is 5.39 Å². The third-order valence-corrected chi connectivity index (χ3v) is 3.43. The first-order valence-corrected chi connectivity index (χ1v) is 6.60. The molecule has 3 aromatic rings. The van der Waals surface area contributed by atoms with Crippen molar-refractivity contribution in [3.63, 3.8) is 0 Å². The molecule has 1 heterocycles. The number of hydrogen-bond donors (Lipinski definition) is 1. The summed E-state index contributed by atoms with van der Waals surface area (Å²) < 4.78 is 10.8. The highest BCUT2D eigenvalue weighted by Gasteiger charge is 2.15. The van der Waals surface area contributed by atoms with E-state index in [4.69, 9.17) is 14.9 Å². The minimum absolute atomic E-state index is 0.272. The molecule has 3 nitrogen and oxygen atoms in total. The summed E-state index contributed by atoms with van der Waals surface area (Å²) in [5.74, 6) is 1.55. The molecule has 0 aliphatic heterocycles. The van der Waals surface area contributed by atoms with Crippen molar-refractivity contribution in [2.24, 2.45) is 5.73 Å². The number of ether oxygens (including phenoxy) is 1. The number of fused-ring (bicyclic) bond motifs is 1. The van der Waals surface area contributed by atoms with Crippen LogP contribution < -0.4 is 5.73 Å². The van der Waals surface area contributed by atoms with Gasteiger partial charge in [-0.05, 0) is 28.5 Å². The van der Waals surface area contributed by atoms with Gasteiger partial charge in [-0.1, -0.05) is 42.5 Å². The number of benzene rings is 2. The van der Waals surface area contributed by atoms with Crippen LogP contribution in [0.4, 0.5) is 0 Å². The Morgan fingerprint density at radius 2 is 1.85 bits per heavy atom. The highest BCUT2D eigenvalue weighted by atomic mass is 16.5. The second-order valence-corrected chi connectivity index (χ2v) is 4.78. The predicted octanol–water partition coefficient (Wildman–Crippen LogP) is 3.63. The maximum Gasteiger partial charge on any atom is 0.129 e. The lowest BCUT2D eigenvalue weighted by Gasteiger charge is -2.12. The van der Waals surface area contributed by atoms with Crippen LogP contribution in [0.3, 0.4) is 0 Å². The van der Waals surface area contributed by atoms with Crippen molar-refractivity contribution < 1.29 is 9.15 Å². The van der Waals surface area contributed by atoms with Crippen LogP contribution in [0.2, 0.25) is 0 Å². The zero-order chi connectivity index (χ0) is 13.9. The molecular weight excluding hydrogens is 250 g/mol. The smallest absolute Gasteiger partial charge is 0.129 e. The van der Waals surface area contributed by atoms with E-state index in [1.807, 2.05) is 36.4 Å². The third-order valence-electron chi connectivity index (χ3n) is 3.43. The number of rotatable bonds is 4. The molecule has 20 heavy (non-hydrogen) atoms. The summed E-state index contributed by atoms with van der Waals surface area (Å²) in [4.78, 5) is 0. The van der Waals surface area contributed by atoms with Crippen molar-refractivity contribution in [1.29, 1.82) is 0 Å². The minimum atomic E-state index is -0.272. The topological polar surface area (TPSA) is 48.4 Å². The third kappa shape index (κ3) is 2.33. The largest absolute Gasteiger partial charge is 0.462 e. The van der Waals surface area contributed by atoms with Crippen molar-refractivity contribution in [2.75, 3.05) is 7.11 Å². The Morgan fingerprint density at radius 3 is 2.70 bits per heavy atom. The molecule has 0 fully saturated rings. The summed E-state index contributed by atoms with van der Waals surface area (Å²) in [5, 5.41) is 2.34. The lowest BCUT2D eigenvalue weighted by Crippen LogP contribution is -2.11. The Hall–Kier alpha value is -2.10. The molecule has 0 saturated heterocycles. The Balaban J connectivity index is 2.01. The Kier molecular flexibility index (Phi) is 3.54. The fourth-order valence-corrected chi connectivity index (χ4v) is 2.46. The summed E-state index contributed by atoms with van der Waals surface area (Å²) in [5.41, 5.74) is 7.43. The molecule has 0 bridgehead atoms. The molecule has 0 aliphatic carbocycles. The molecule has 3 heteroatoms. The van der Waals surface area contributed by atoms with E-state index < -0.39 is 0 Å². The van der Waals surface area contributed by atoms with Crippen molar-refractivity contribution in [2.45, 2.75) is 12.6 Å². The van der Waals surface area contributed by atoms with Gasteiger partial charge in [0.15, 0.2) is 0 Å². The molecule has 1 unspecified atom stereocenters. The summed E-state index contributed by atoms with van der Waals surface area (Å²) in [6.07, 6.45) is 0. The van der Waals surface area contributed by atoms with Gasteiger partial charge in [-0.2, -0.15) is 0 Å². The van der Waals surface area contributed by atoms with Crippen LogP contribution in [0, 0.1) is 0 Å². The predicted molar refractivity (Wildman–Crippen MR) is 79.4 cm³/mol. The fourth-order valence-electron chi connectivity index (χ4n) is 2.46. The van der Waals surface area contributed by atoms with Crippen molar-refractivity contribution in [3.8, 4) is 0 Å². The van der Waals surface area contributed by atoms with Gasteiger partial charge in [-0.3, -0.25) is 0 Å². The zero-order valence-corrected chi connectivity index (χ0v) is 11.4. The number of hydrogen-bond acceptors (Lipinski definition) is 3. The Morgan fingerprint density at radius 1 is 1.05 bits per heavy atom. The van der Waals surface area contributed by atoms with Crippen molar-refractivity contribution >= 4 is 10.8 Å². The first-order chi connectivity index (χ1) is 9.79. The lowest BCUT2D eigenvalue weighted by molar-refractivity contribution is 0.162. The summed E-state index contributed by atoms with van der Waals surface area (Å²) in [6.45, 7) is 0.461. The molecule has 1 atom stereocenters. The van der Waals surface area contributed by atoms with Crippen LogP contribution in [0.5, 0.6) is 0 Å². The molecule has 1 aromatic heterocycles. The van der Waals surface area contributed by atoms with Crippen LogP contribution in [-0.2, 0) is 11.3 Å². The highest BCUT2D eigenvalue weighted by Crippen LogP contribution is 2.28. The van der Waals surface area contributed by atoms with E-state index >= 15 is 0 Å². The Bertz CT molecular complexity index is 712. The maximum atomic E-state index is 6.36. The van der Waals surface area contributed by atoms with Crippen molar-refractivity contribution in [1.82, 2.24) is 0 Å². The molecule has 102 valence electrons. The molecule has 2 aromatic carbocycles. The molecule has 2 N–H and O–H groups in total. The van der Waals surface area contributed by atoms with Gasteiger partial charge in [-0.15, -0.1) is 0 Å². The average Bonchev–Trinajstić information content (AvgIpc) is 2.95. The van der Waals surface area contributed by atoms with Gasteiger partial charge in [0, 0.05) is 7.11 Å². The summed E-state index contributed by atoms with van der Waals surface area (Å²) in [7, 11) is 1.65. The quantitative estimate of drug-likeness (QED) is 0.785. The van der Waals surface area contributed by atoms with Gasteiger partial charge in [0.05, 0.1) is 6.04 Å². The monoisotopic (exact) mass is 267 g/mol.